The Morgan fingerprint density at radius 2 is 2.16 bits per heavy atom. The van der Waals surface area contributed by atoms with E-state index in [9.17, 15) is 4.39 Å². The first-order valence-corrected chi connectivity index (χ1v) is 8.47. The molecule has 2 N–H and O–H groups in total. The highest BCUT2D eigenvalue weighted by molar-refractivity contribution is 6.32. The van der Waals surface area contributed by atoms with Gasteiger partial charge in [-0.05, 0) is 30.7 Å². The third kappa shape index (κ3) is 4.36. The van der Waals surface area contributed by atoms with E-state index in [0.717, 1.165) is 25.3 Å². The predicted molar refractivity (Wildman–Crippen MR) is 97.4 cm³/mol. The Morgan fingerprint density at radius 1 is 1.36 bits per heavy atom. The van der Waals surface area contributed by atoms with E-state index in [4.69, 9.17) is 11.6 Å². The van der Waals surface area contributed by atoms with Gasteiger partial charge in [-0.25, -0.2) is 9.37 Å². The molecule has 0 aliphatic carbocycles. The molecule has 2 aromatic heterocycles. The van der Waals surface area contributed by atoms with Crippen molar-refractivity contribution in [3.8, 4) is 0 Å². The number of anilines is 1. The highest BCUT2D eigenvalue weighted by atomic mass is 35.5. The first-order chi connectivity index (χ1) is 12.2. The summed E-state index contributed by atoms with van der Waals surface area (Å²) in [5.41, 5.74) is 0.360. The Morgan fingerprint density at radius 3 is 2.92 bits per heavy atom. The minimum absolute atomic E-state index is 0.206. The highest BCUT2D eigenvalue weighted by Crippen LogP contribution is 2.25. The molecule has 0 bridgehead atoms. The smallest absolute Gasteiger partial charge is 0.191 e. The summed E-state index contributed by atoms with van der Waals surface area (Å²) in [6, 6.07) is 6.83. The molecular weight excluding hydrogens is 343 g/mol. The Kier molecular flexibility index (Phi) is 5.65. The van der Waals surface area contributed by atoms with Crippen LogP contribution in [-0.4, -0.2) is 42.1 Å². The van der Waals surface area contributed by atoms with Gasteiger partial charge in [0.1, 0.15) is 11.6 Å². The molecule has 1 aliphatic heterocycles. The van der Waals surface area contributed by atoms with E-state index in [0.29, 0.717) is 16.7 Å². The van der Waals surface area contributed by atoms with Crippen molar-refractivity contribution in [2.24, 2.45) is 4.99 Å². The van der Waals surface area contributed by atoms with Crippen LogP contribution in [0, 0.1) is 5.82 Å². The molecule has 1 aliphatic rings. The number of guanidine groups is 1. The van der Waals surface area contributed by atoms with Crippen molar-refractivity contribution in [2.75, 3.05) is 25.0 Å². The summed E-state index contributed by atoms with van der Waals surface area (Å²) in [4.78, 5) is 14.7. The molecule has 0 radical (unpaired) electrons. The van der Waals surface area contributed by atoms with Crippen molar-refractivity contribution in [1.29, 1.82) is 0 Å². The van der Waals surface area contributed by atoms with Crippen molar-refractivity contribution in [3.05, 3.63) is 53.2 Å². The fourth-order valence-electron chi connectivity index (χ4n) is 2.78. The Hall–Kier alpha value is -2.41. The van der Waals surface area contributed by atoms with E-state index in [1.54, 1.807) is 25.5 Å². The Labute approximate surface area is 151 Å². The van der Waals surface area contributed by atoms with Crippen LogP contribution in [0.3, 0.4) is 0 Å². The molecule has 0 spiro atoms. The van der Waals surface area contributed by atoms with Gasteiger partial charge in [0, 0.05) is 38.6 Å². The van der Waals surface area contributed by atoms with Gasteiger partial charge in [0.2, 0.25) is 0 Å². The van der Waals surface area contributed by atoms with Crippen molar-refractivity contribution >= 4 is 23.4 Å². The summed E-state index contributed by atoms with van der Waals surface area (Å²) >= 11 is 6.21. The summed E-state index contributed by atoms with van der Waals surface area (Å²) in [5, 5.41) is 7.10. The molecule has 8 heteroatoms. The topological polar surface area (TPSA) is 65.4 Å². The van der Waals surface area contributed by atoms with Gasteiger partial charge in [-0.1, -0.05) is 11.6 Å². The van der Waals surface area contributed by atoms with Crippen LogP contribution in [0.25, 0.3) is 0 Å². The molecule has 6 nitrogen and oxygen atoms in total. The first kappa shape index (κ1) is 17.4. The maximum Gasteiger partial charge on any atom is 0.191 e. The molecule has 3 heterocycles. The van der Waals surface area contributed by atoms with Crippen LogP contribution >= 0.6 is 11.6 Å². The van der Waals surface area contributed by atoms with Gasteiger partial charge in [-0.2, -0.15) is 0 Å². The number of hydrogen-bond acceptors (Lipinski definition) is 4. The largest absolute Gasteiger partial charge is 0.353 e. The molecule has 0 aromatic carbocycles. The second kappa shape index (κ2) is 8.11. The summed E-state index contributed by atoms with van der Waals surface area (Å²) < 4.78 is 13.6. The fourth-order valence-corrected chi connectivity index (χ4v) is 3.03. The minimum atomic E-state index is -0.331. The summed E-state index contributed by atoms with van der Waals surface area (Å²) in [6.45, 7) is 1.91. The number of rotatable bonds is 4. The van der Waals surface area contributed by atoms with Crippen LogP contribution in [0.1, 0.15) is 12.1 Å². The average Bonchev–Trinajstić information content (AvgIpc) is 3.08. The fraction of sp³-hybridized carbons (Fsp3) is 0.353. The SMILES string of the molecule is CN=C(NCc1ncccc1F)NC1CCN(c2ncccc2Cl)C1. The van der Waals surface area contributed by atoms with E-state index in [1.165, 1.54) is 6.07 Å². The molecule has 3 rings (SSSR count). The number of halogens is 2. The van der Waals surface area contributed by atoms with E-state index >= 15 is 0 Å². The molecule has 1 unspecified atom stereocenters. The van der Waals surface area contributed by atoms with E-state index in [1.807, 2.05) is 12.1 Å². The summed E-state index contributed by atoms with van der Waals surface area (Å²) in [6.07, 6.45) is 4.25. The molecule has 132 valence electrons. The van der Waals surface area contributed by atoms with Gasteiger partial charge in [-0.15, -0.1) is 0 Å². The van der Waals surface area contributed by atoms with Gasteiger partial charge in [0.25, 0.3) is 0 Å². The average molecular weight is 363 g/mol. The lowest BCUT2D eigenvalue weighted by molar-refractivity contribution is 0.589. The second-order valence-electron chi connectivity index (χ2n) is 5.74. The zero-order chi connectivity index (χ0) is 17.6. The molecule has 1 atom stereocenters. The van der Waals surface area contributed by atoms with Gasteiger partial charge >= 0.3 is 0 Å². The third-order valence-corrected chi connectivity index (χ3v) is 4.34. The second-order valence-corrected chi connectivity index (χ2v) is 6.15. The number of pyridine rings is 2. The van der Waals surface area contributed by atoms with Crippen molar-refractivity contribution in [2.45, 2.75) is 19.0 Å². The molecular formula is C17H20ClFN6. The van der Waals surface area contributed by atoms with Crippen molar-refractivity contribution in [1.82, 2.24) is 20.6 Å². The normalized spacial score (nSPS) is 17.6. The first-order valence-electron chi connectivity index (χ1n) is 8.09. The van der Waals surface area contributed by atoms with Gasteiger partial charge < -0.3 is 15.5 Å². The lowest BCUT2D eigenvalue weighted by atomic mass is 10.3. The zero-order valence-corrected chi connectivity index (χ0v) is 14.7. The summed E-state index contributed by atoms with van der Waals surface area (Å²) in [7, 11) is 1.69. The quantitative estimate of drug-likeness (QED) is 0.645. The molecule has 1 saturated heterocycles. The van der Waals surface area contributed by atoms with E-state index in [2.05, 4.69) is 30.5 Å². The van der Waals surface area contributed by atoms with Gasteiger partial charge in [-0.3, -0.25) is 9.98 Å². The third-order valence-electron chi connectivity index (χ3n) is 4.05. The number of nitrogens with zero attached hydrogens (tertiary/aromatic N) is 4. The number of aromatic nitrogens is 2. The van der Waals surface area contributed by atoms with Crippen LogP contribution in [-0.2, 0) is 6.54 Å². The van der Waals surface area contributed by atoms with Gasteiger partial charge in [0.15, 0.2) is 5.96 Å². The lowest BCUT2D eigenvalue weighted by Gasteiger charge is -2.20. The van der Waals surface area contributed by atoms with E-state index < -0.39 is 0 Å². The molecule has 25 heavy (non-hydrogen) atoms. The monoisotopic (exact) mass is 362 g/mol. The standard InChI is InChI=1S/C17H20ClFN6/c1-20-17(23-10-15-14(19)5-3-7-21-15)24-12-6-9-25(11-12)16-13(18)4-2-8-22-16/h2-5,7-8,12H,6,9-11H2,1H3,(H2,20,23,24). The maximum atomic E-state index is 13.6. The van der Waals surface area contributed by atoms with Crippen LogP contribution in [0.2, 0.25) is 5.02 Å². The maximum absolute atomic E-state index is 13.6. The molecule has 0 saturated carbocycles. The van der Waals surface area contributed by atoms with E-state index in [-0.39, 0.29) is 18.4 Å². The highest BCUT2D eigenvalue weighted by Gasteiger charge is 2.25. The van der Waals surface area contributed by atoms with Gasteiger partial charge in [0.05, 0.1) is 17.3 Å². The van der Waals surface area contributed by atoms with Crippen LogP contribution in [0.4, 0.5) is 10.2 Å². The molecule has 0 amide bonds. The minimum Gasteiger partial charge on any atom is -0.353 e. The predicted octanol–water partition coefficient (Wildman–Crippen LogP) is 2.21. The molecule has 1 fully saturated rings. The Bertz CT molecular complexity index is 753. The number of aliphatic imine (C=N–C) groups is 1. The lowest BCUT2D eigenvalue weighted by Crippen LogP contribution is -2.44. The Balaban J connectivity index is 1.55. The van der Waals surface area contributed by atoms with Crippen molar-refractivity contribution in [3.63, 3.8) is 0 Å². The zero-order valence-electron chi connectivity index (χ0n) is 13.9. The van der Waals surface area contributed by atoms with Crippen LogP contribution < -0.4 is 15.5 Å². The van der Waals surface area contributed by atoms with Crippen molar-refractivity contribution < 1.29 is 4.39 Å². The van der Waals surface area contributed by atoms with Crippen LogP contribution in [0.5, 0.6) is 0 Å². The summed E-state index contributed by atoms with van der Waals surface area (Å²) in [5.74, 6) is 1.08. The molecule has 2 aromatic rings. The number of nitrogens with one attached hydrogen (secondary N) is 2. The number of hydrogen-bond donors (Lipinski definition) is 2. The van der Waals surface area contributed by atoms with Crippen LogP contribution in [0.15, 0.2) is 41.7 Å².